The Morgan fingerprint density at radius 2 is 2.00 bits per heavy atom. The molecule has 0 atom stereocenters. The smallest absolute Gasteiger partial charge is 0.0571 e. The van der Waals surface area contributed by atoms with Crippen molar-refractivity contribution < 1.29 is 0 Å². The Bertz CT molecular complexity index is 541. The molecule has 0 fully saturated rings. The van der Waals surface area contributed by atoms with Crippen LogP contribution in [0.25, 0.3) is 11.1 Å². The number of hydrogen-bond acceptors (Lipinski definition) is 2. The van der Waals surface area contributed by atoms with Crippen LogP contribution in [0.3, 0.4) is 0 Å². The van der Waals surface area contributed by atoms with E-state index in [1.165, 1.54) is 27.9 Å². The summed E-state index contributed by atoms with van der Waals surface area (Å²) in [5, 5.41) is 7.59. The zero-order valence-electron chi connectivity index (χ0n) is 11.6. The van der Waals surface area contributed by atoms with Crippen LogP contribution in [0.2, 0.25) is 0 Å². The molecular weight excluding hydrogens is 222 g/mol. The molecule has 0 amide bonds. The predicted octanol–water partition coefficient (Wildman–Crippen LogP) is 2.47. The maximum Gasteiger partial charge on any atom is 0.0571 e. The van der Waals surface area contributed by atoms with Gasteiger partial charge in [-0.05, 0) is 32.0 Å². The van der Waals surface area contributed by atoms with E-state index in [-0.39, 0.29) is 0 Å². The first-order valence-corrected chi connectivity index (χ1v) is 6.36. The summed E-state index contributed by atoms with van der Waals surface area (Å²) < 4.78 is 1.98. The lowest BCUT2D eigenvalue weighted by atomic mass is 9.98. The summed E-state index contributed by atoms with van der Waals surface area (Å²) in [7, 11) is 3.99. The largest absolute Gasteiger partial charge is 0.319 e. The molecule has 3 heteroatoms. The molecule has 1 aromatic carbocycles. The van der Waals surface area contributed by atoms with Crippen LogP contribution in [0.15, 0.2) is 24.4 Å². The molecule has 2 aromatic rings. The van der Waals surface area contributed by atoms with Gasteiger partial charge >= 0.3 is 0 Å². The first kappa shape index (κ1) is 12.8. The zero-order chi connectivity index (χ0) is 13.1. The van der Waals surface area contributed by atoms with Gasteiger partial charge in [0.2, 0.25) is 0 Å². The lowest BCUT2D eigenvalue weighted by molar-refractivity contribution is 0.682. The van der Waals surface area contributed by atoms with E-state index in [2.05, 4.69) is 42.5 Å². The molecule has 1 heterocycles. The molecule has 1 N–H and O–H groups in total. The third-order valence-electron chi connectivity index (χ3n) is 3.35. The number of hydrogen-bond donors (Lipinski definition) is 1. The Kier molecular flexibility index (Phi) is 3.82. The summed E-state index contributed by atoms with van der Waals surface area (Å²) >= 11 is 0. The van der Waals surface area contributed by atoms with Crippen molar-refractivity contribution in [2.24, 2.45) is 7.05 Å². The van der Waals surface area contributed by atoms with E-state index < -0.39 is 0 Å². The molecule has 18 heavy (non-hydrogen) atoms. The van der Waals surface area contributed by atoms with Crippen molar-refractivity contribution in [3.63, 3.8) is 0 Å². The topological polar surface area (TPSA) is 29.9 Å². The quantitative estimate of drug-likeness (QED) is 0.894. The van der Waals surface area contributed by atoms with Crippen LogP contribution >= 0.6 is 0 Å². The molecule has 96 valence electrons. The number of benzene rings is 1. The van der Waals surface area contributed by atoms with Gasteiger partial charge in [0.05, 0.1) is 6.20 Å². The summed E-state index contributed by atoms with van der Waals surface area (Å²) in [6, 6.07) is 6.59. The van der Waals surface area contributed by atoms with Gasteiger partial charge < -0.3 is 5.32 Å². The van der Waals surface area contributed by atoms with Gasteiger partial charge in [0.25, 0.3) is 0 Å². The van der Waals surface area contributed by atoms with Gasteiger partial charge in [-0.2, -0.15) is 5.10 Å². The van der Waals surface area contributed by atoms with Crippen molar-refractivity contribution in [1.82, 2.24) is 15.1 Å². The van der Waals surface area contributed by atoms with Gasteiger partial charge in [-0.25, -0.2) is 0 Å². The van der Waals surface area contributed by atoms with Crippen LogP contribution in [0.1, 0.15) is 16.8 Å². The van der Waals surface area contributed by atoms with E-state index in [4.69, 9.17) is 0 Å². The van der Waals surface area contributed by atoms with Crippen molar-refractivity contribution in [3.8, 4) is 11.1 Å². The van der Waals surface area contributed by atoms with Crippen LogP contribution in [0.5, 0.6) is 0 Å². The zero-order valence-corrected chi connectivity index (χ0v) is 11.6. The second-order valence-electron chi connectivity index (χ2n) is 4.80. The van der Waals surface area contributed by atoms with Crippen molar-refractivity contribution >= 4 is 0 Å². The number of rotatable bonds is 4. The highest BCUT2D eigenvalue weighted by molar-refractivity contribution is 5.69. The molecule has 3 nitrogen and oxygen atoms in total. The van der Waals surface area contributed by atoms with Crippen molar-refractivity contribution in [2.75, 3.05) is 13.6 Å². The first-order chi connectivity index (χ1) is 8.63. The minimum Gasteiger partial charge on any atom is -0.319 e. The molecule has 0 unspecified atom stereocenters. The average molecular weight is 243 g/mol. The summed E-state index contributed by atoms with van der Waals surface area (Å²) in [4.78, 5) is 0. The fraction of sp³-hybridized carbons (Fsp3) is 0.400. The van der Waals surface area contributed by atoms with E-state index >= 15 is 0 Å². The van der Waals surface area contributed by atoms with Crippen LogP contribution in [0, 0.1) is 13.8 Å². The van der Waals surface area contributed by atoms with Crippen molar-refractivity contribution in [1.29, 1.82) is 0 Å². The van der Waals surface area contributed by atoms with Crippen LogP contribution in [0.4, 0.5) is 0 Å². The molecule has 2 rings (SSSR count). The van der Waals surface area contributed by atoms with E-state index in [1.54, 1.807) is 0 Å². The highest BCUT2D eigenvalue weighted by atomic mass is 15.3. The number of likely N-dealkylation sites (N-methyl/N-ethyl adjacent to an activating group) is 1. The number of aryl methyl sites for hydroxylation is 3. The maximum atomic E-state index is 4.40. The van der Waals surface area contributed by atoms with E-state index in [1.807, 2.05) is 25.0 Å². The van der Waals surface area contributed by atoms with Gasteiger partial charge in [0.15, 0.2) is 0 Å². The third kappa shape index (κ3) is 2.46. The highest BCUT2D eigenvalue weighted by Crippen LogP contribution is 2.27. The molecule has 0 saturated carbocycles. The van der Waals surface area contributed by atoms with Gasteiger partial charge in [-0.1, -0.05) is 23.8 Å². The first-order valence-electron chi connectivity index (χ1n) is 6.36. The lowest BCUT2D eigenvalue weighted by Crippen LogP contribution is -2.13. The van der Waals surface area contributed by atoms with Crippen LogP contribution < -0.4 is 5.32 Å². The SMILES string of the molecule is CNCCc1c(-c2ccc(C)cc2C)cnn1C. The lowest BCUT2D eigenvalue weighted by Gasteiger charge is -2.09. The van der Waals surface area contributed by atoms with Crippen molar-refractivity contribution in [2.45, 2.75) is 20.3 Å². The average Bonchev–Trinajstić information content (AvgIpc) is 2.68. The van der Waals surface area contributed by atoms with Crippen LogP contribution in [-0.2, 0) is 13.5 Å². The molecule has 0 aliphatic heterocycles. The van der Waals surface area contributed by atoms with Gasteiger partial charge in [-0.3, -0.25) is 4.68 Å². The van der Waals surface area contributed by atoms with Gasteiger partial charge in [0.1, 0.15) is 0 Å². The fourth-order valence-electron chi connectivity index (χ4n) is 2.34. The maximum absolute atomic E-state index is 4.40. The Labute approximate surface area is 109 Å². The molecule has 0 radical (unpaired) electrons. The standard InChI is InChI=1S/C15H21N3/c1-11-5-6-13(12(2)9-11)14-10-17-18(4)15(14)7-8-16-3/h5-6,9-10,16H,7-8H2,1-4H3. The molecular formula is C15H21N3. The minimum atomic E-state index is 0.970. The third-order valence-corrected chi connectivity index (χ3v) is 3.35. The van der Waals surface area contributed by atoms with E-state index in [0.29, 0.717) is 0 Å². The molecule has 0 aliphatic rings. The van der Waals surface area contributed by atoms with Gasteiger partial charge in [0, 0.05) is 31.3 Å². The Balaban J connectivity index is 2.43. The second-order valence-corrected chi connectivity index (χ2v) is 4.80. The Morgan fingerprint density at radius 1 is 1.22 bits per heavy atom. The normalized spacial score (nSPS) is 10.9. The summed E-state index contributed by atoms with van der Waals surface area (Å²) in [6.07, 6.45) is 2.97. The summed E-state index contributed by atoms with van der Waals surface area (Å²) in [5.41, 5.74) is 6.45. The Hall–Kier alpha value is -1.61. The monoisotopic (exact) mass is 243 g/mol. The fourth-order valence-corrected chi connectivity index (χ4v) is 2.34. The Morgan fingerprint density at radius 3 is 2.67 bits per heavy atom. The predicted molar refractivity (Wildman–Crippen MR) is 75.7 cm³/mol. The summed E-state index contributed by atoms with van der Waals surface area (Å²) in [5.74, 6) is 0. The second kappa shape index (κ2) is 5.36. The molecule has 0 spiro atoms. The van der Waals surface area contributed by atoms with Crippen molar-refractivity contribution in [3.05, 3.63) is 41.2 Å². The number of nitrogens with one attached hydrogen (secondary N) is 1. The van der Waals surface area contributed by atoms with Gasteiger partial charge in [-0.15, -0.1) is 0 Å². The summed E-state index contributed by atoms with van der Waals surface area (Å²) in [6.45, 7) is 5.26. The molecule has 0 saturated heterocycles. The number of aromatic nitrogens is 2. The van der Waals surface area contributed by atoms with E-state index in [0.717, 1.165) is 13.0 Å². The molecule has 0 bridgehead atoms. The molecule has 0 aliphatic carbocycles. The minimum absolute atomic E-state index is 0.970. The van der Waals surface area contributed by atoms with Crippen LogP contribution in [-0.4, -0.2) is 23.4 Å². The highest BCUT2D eigenvalue weighted by Gasteiger charge is 2.11. The molecule has 1 aromatic heterocycles. The van der Waals surface area contributed by atoms with E-state index in [9.17, 15) is 0 Å². The number of nitrogens with zero attached hydrogens (tertiary/aromatic N) is 2.